The summed E-state index contributed by atoms with van der Waals surface area (Å²) in [6, 6.07) is 15.4. The third kappa shape index (κ3) is 8.94. The molecule has 39 heavy (non-hydrogen) atoms. The summed E-state index contributed by atoms with van der Waals surface area (Å²) < 4.78 is 27.4. The van der Waals surface area contributed by atoms with Gasteiger partial charge in [-0.2, -0.15) is 0 Å². The fourth-order valence-electron chi connectivity index (χ4n) is 4.04. The number of carbonyl (C=O) groups is 3. The minimum Gasteiger partial charge on any atom is -0.494 e. The predicted octanol–water partition coefficient (Wildman–Crippen LogP) is 4.50. The first kappa shape index (κ1) is 29.9. The SMILES string of the molecule is C=CC(=O)NCCCCCCOc1ccc(-c2ccc(C3O[C@@H](C(=O)OCC)[C@H](C(=O)OCC)O3)cc2)cc1. The maximum atomic E-state index is 12.3. The fourth-order valence-corrected chi connectivity index (χ4v) is 4.04. The molecule has 210 valence electrons. The van der Waals surface area contributed by atoms with Gasteiger partial charge in [-0.3, -0.25) is 4.79 Å². The van der Waals surface area contributed by atoms with Crippen molar-refractivity contribution in [3.8, 4) is 16.9 Å². The van der Waals surface area contributed by atoms with Gasteiger partial charge < -0.3 is 29.0 Å². The number of ether oxygens (including phenoxy) is 5. The number of rotatable bonds is 15. The van der Waals surface area contributed by atoms with Crippen LogP contribution in [0.5, 0.6) is 5.75 Å². The summed E-state index contributed by atoms with van der Waals surface area (Å²) in [6.07, 6.45) is 1.94. The van der Waals surface area contributed by atoms with E-state index in [0.29, 0.717) is 18.7 Å². The van der Waals surface area contributed by atoms with Crippen molar-refractivity contribution in [3.05, 3.63) is 66.7 Å². The quantitative estimate of drug-likeness (QED) is 0.200. The number of amides is 1. The van der Waals surface area contributed by atoms with Crippen LogP contribution >= 0.6 is 0 Å². The number of hydrogen-bond donors (Lipinski definition) is 1. The number of esters is 2. The van der Waals surface area contributed by atoms with E-state index >= 15 is 0 Å². The molecule has 2 atom stereocenters. The van der Waals surface area contributed by atoms with Crippen LogP contribution in [0.25, 0.3) is 11.1 Å². The lowest BCUT2D eigenvalue weighted by Crippen LogP contribution is -2.39. The van der Waals surface area contributed by atoms with Gasteiger partial charge >= 0.3 is 11.9 Å². The molecule has 1 aliphatic heterocycles. The van der Waals surface area contributed by atoms with Gasteiger partial charge in [0.05, 0.1) is 19.8 Å². The molecule has 9 heteroatoms. The van der Waals surface area contributed by atoms with Crippen molar-refractivity contribution in [1.82, 2.24) is 5.32 Å². The lowest BCUT2D eigenvalue weighted by Gasteiger charge is -2.13. The molecular formula is C30H37NO8. The van der Waals surface area contributed by atoms with Crippen molar-refractivity contribution in [2.75, 3.05) is 26.4 Å². The molecule has 0 spiro atoms. The van der Waals surface area contributed by atoms with Gasteiger partial charge in [0.2, 0.25) is 5.91 Å². The molecule has 3 rings (SSSR count). The van der Waals surface area contributed by atoms with Crippen LogP contribution in [0, 0.1) is 0 Å². The number of unbranched alkanes of at least 4 members (excludes halogenated alkanes) is 3. The second-order valence-corrected chi connectivity index (χ2v) is 8.85. The molecule has 1 N–H and O–H groups in total. The van der Waals surface area contributed by atoms with Crippen LogP contribution in [-0.2, 0) is 33.3 Å². The molecule has 2 aromatic rings. The zero-order valence-electron chi connectivity index (χ0n) is 22.6. The van der Waals surface area contributed by atoms with Gasteiger partial charge in [0.15, 0.2) is 18.5 Å². The Hall–Kier alpha value is -3.69. The average Bonchev–Trinajstić information content (AvgIpc) is 3.41. The Morgan fingerprint density at radius 1 is 0.821 bits per heavy atom. The topological polar surface area (TPSA) is 109 Å². The molecule has 9 nitrogen and oxygen atoms in total. The Labute approximate surface area is 229 Å². The summed E-state index contributed by atoms with van der Waals surface area (Å²) in [5.41, 5.74) is 2.66. The predicted molar refractivity (Wildman–Crippen MR) is 145 cm³/mol. The highest BCUT2D eigenvalue weighted by molar-refractivity contribution is 5.87. The standard InChI is InChI=1S/C30H37NO8/c1-4-25(32)31-19-9-7-8-10-20-37-24-17-15-22(16-18-24)21-11-13-23(14-12-21)30-38-26(28(33)35-5-2)27(39-30)29(34)36-6-3/h4,11-18,26-27,30H,1,5-10,19-20H2,2-3H3,(H,31,32)/t26-,27-/m1/s1. The number of nitrogens with one attached hydrogen (secondary N) is 1. The van der Waals surface area contributed by atoms with E-state index in [0.717, 1.165) is 42.6 Å². The van der Waals surface area contributed by atoms with Crippen molar-refractivity contribution >= 4 is 17.8 Å². The van der Waals surface area contributed by atoms with Crippen molar-refractivity contribution in [2.45, 2.75) is 58.0 Å². The summed E-state index contributed by atoms with van der Waals surface area (Å²) in [5, 5.41) is 2.77. The summed E-state index contributed by atoms with van der Waals surface area (Å²) in [4.78, 5) is 35.7. The van der Waals surface area contributed by atoms with Gasteiger partial charge in [-0.1, -0.05) is 55.8 Å². The second-order valence-electron chi connectivity index (χ2n) is 8.85. The molecule has 0 bridgehead atoms. The van der Waals surface area contributed by atoms with E-state index in [4.69, 9.17) is 23.7 Å². The summed E-state index contributed by atoms with van der Waals surface area (Å²) in [7, 11) is 0. The van der Waals surface area contributed by atoms with E-state index in [-0.39, 0.29) is 19.1 Å². The molecular weight excluding hydrogens is 502 g/mol. The van der Waals surface area contributed by atoms with Crippen LogP contribution in [0.2, 0.25) is 0 Å². The van der Waals surface area contributed by atoms with Crippen molar-refractivity contribution in [3.63, 3.8) is 0 Å². The maximum absolute atomic E-state index is 12.3. The van der Waals surface area contributed by atoms with Crippen molar-refractivity contribution < 1.29 is 38.1 Å². The van der Waals surface area contributed by atoms with Gasteiger partial charge in [0.25, 0.3) is 0 Å². The molecule has 1 amide bonds. The molecule has 1 heterocycles. The summed E-state index contributed by atoms with van der Waals surface area (Å²) in [6.45, 7) is 8.41. The first-order chi connectivity index (χ1) is 19.0. The molecule has 1 saturated heterocycles. The lowest BCUT2D eigenvalue weighted by molar-refractivity contribution is -0.163. The van der Waals surface area contributed by atoms with E-state index in [1.807, 2.05) is 48.5 Å². The minimum absolute atomic E-state index is 0.136. The first-order valence-corrected chi connectivity index (χ1v) is 13.3. The summed E-state index contributed by atoms with van der Waals surface area (Å²) in [5.74, 6) is -0.656. The fraction of sp³-hybridized carbons (Fsp3) is 0.433. The van der Waals surface area contributed by atoms with E-state index in [2.05, 4.69) is 11.9 Å². The number of hydrogen-bond acceptors (Lipinski definition) is 8. The zero-order valence-corrected chi connectivity index (χ0v) is 22.6. The Bertz CT molecular complexity index is 1060. The molecule has 2 aromatic carbocycles. The highest BCUT2D eigenvalue weighted by atomic mass is 16.8. The Kier molecular flexibility index (Phi) is 12.0. The maximum Gasteiger partial charge on any atom is 0.338 e. The van der Waals surface area contributed by atoms with Crippen molar-refractivity contribution in [2.24, 2.45) is 0 Å². The Morgan fingerprint density at radius 2 is 1.36 bits per heavy atom. The van der Waals surface area contributed by atoms with E-state index in [1.54, 1.807) is 13.8 Å². The second kappa shape index (κ2) is 15.7. The number of benzene rings is 2. The smallest absolute Gasteiger partial charge is 0.338 e. The highest BCUT2D eigenvalue weighted by Gasteiger charge is 2.47. The molecule has 0 aliphatic carbocycles. The van der Waals surface area contributed by atoms with Gasteiger partial charge in [-0.05, 0) is 56.0 Å². The Balaban J connectivity index is 1.49. The molecule has 1 aliphatic rings. The van der Waals surface area contributed by atoms with Crippen LogP contribution in [-0.4, -0.2) is 56.4 Å². The average molecular weight is 540 g/mol. The normalized spacial score (nSPS) is 16.9. The molecule has 0 unspecified atom stereocenters. The largest absolute Gasteiger partial charge is 0.494 e. The molecule has 0 radical (unpaired) electrons. The molecule has 0 aromatic heterocycles. The third-order valence-corrected chi connectivity index (χ3v) is 6.05. The third-order valence-electron chi connectivity index (χ3n) is 6.05. The Morgan fingerprint density at radius 3 is 1.90 bits per heavy atom. The van der Waals surface area contributed by atoms with Crippen LogP contribution in [0.15, 0.2) is 61.2 Å². The van der Waals surface area contributed by atoms with Gasteiger partial charge in [-0.25, -0.2) is 9.59 Å². The van der Waals surface area contributed by atoms with E-state index in [9.17, 15) is 14.4 Å². The first-order valence-electron chi connectivity index (χ1n) is 13.3. The zero-order chi connectivity index (χ0) is 28.0. The lowest BCUT2D eigenvalue weighted by atomic mass is 10.0. The van der Waals surface area contributed by atoms with E-state index < -0.39 is 30.4 Å². The van der Waals surface area contributed by atoms with Crippen molar-refractivity contribution in [1.29, 1.82) is 0 Å². The summed E-state index contributed by atoms with van der Waals surface area (Å²) >= 11 is 0. The van der Waals surface area contributed by atoms with Crippen LogP contribution in [0.1, 0.15) is 51.4 Å². The molecule has 1 fully saturated rings. The van der Waals surface area contributed by atoms with E-state index in [1.165, 1.54) is 6.08 Å². The van der Waals surface area contributed by atoms with Crippen LogP contribution in [0.3, 0.4) is 0 Å². The monoisotopic (exact) mass is 539 g/mol. The minimum atomic E-state index is -1.19. The van der Waals surface area contributed by atoms with Crippen LogP contribution in [0.4, 0.5) is 0 Å². The highest BCUT2D eigenvalue weighted by Crippen LogP contribution is 2.34. The number of carbonyl (C=O) groups excluding carboxylic acids is 3. The van der Waals surface area contributed by atoms with Gasteiger partial charge in [-0.15, -0.1) is 0 Å². The van der Waals surface area contributed by atoms with Gasteiger partial charge in [0.1, 0.15) is 5.75 Å². The van der Waals surface area contributed by atoms with Crippen LogP contribution < -0.4 is 10.1 Å². The van der Waals surface area contributed by atoms with Gasteiger partial charge in [0, 0.05) is 12.1 Å². The molecule has 0 saturated carbocycles.